The minimum Gasteiger partial charge on any atom is -0.466 e. The lowest BCUT2D eigenvalue weighted by Gasteiger charge is -2.04. The third kappa shape index (κ3) is 2.80. The molecule has 0 aliphatic carbocycles. The van der Waals surface area contributed by atoms with Crippen molar-refractivity contribution in [3.8, 4) is 0 Å². The Morgan fingerprint density at radius 3 is 2.59 bits per heavy atom. The highest BCUT2D eigenvalue weighted by atomic mass is 16.6. The molecule has 22 heavy (non-hydrogen) atoms. The maximum Gasteiger partial charge on any atom is 0.338 e. The molecule has 0 saturated carbocycles. The first-order chi connectivity index (χ1) is 10.5. The van der Waals surface area contributed by atoms with E-state index in [4.69, 9.17) is 0 Å². The van der Waals surface area contributed by atoms with Gasteiger partial charge >= 0.3 is 11.9 Å². The molecule has 0 fully saturated rings. The van der Waals surface area contributed by atoms with Crippen LogP contribution in [0.5, 0.6) is 0 Å². The van der Waals surface area contributed by atoms with E-state index in [2.05, 4.69) is 14.5 Å². The van der Waals surface area contributed by atoms with Crippen LogP contribution in [0.4, 0.5) is 5.69 Å². The zero-order valence-electron chi connectivity index (χ0n) is 11.8. The van der Waals surface area contributed by atoms with Gasteiger partial charge in [0.2, 0.25) is 0 Å². The molecule has 1 aromatic carbocycles. The number of hydrogen-bond acceptors (Lipinski definition) is 6. The number of carbonyl (C=O) groups excluding carboxylic acids is 2. The summed E-state index contributed by atoms with van der Waals surface area (Å²) in [6.45, 7) is 0. The summed E-state index contributed by atoms with van der Waals surface area (Å²) in [5, 5.41) is 11.3. The summed E-state index contributed by atoms with van der Waals surface area (Å²) in [6, 6.07) is 4.17. The monoisotopic (exact) mass is 304 g/mol. The van der Waals surface area contributed by atoms with Gasteiger partial charge in [-0.1, -0.05) is 0 Å². The summed E-state index contributed by atoms with van der Waals surface area (Å²) >= 11 is 0. The highest BCUT2D eigenvalue weighted by Gasteiger charge is 2.20. The standard InChI is InChI=1S/C14H12N2O6/c1-21-13(17)6-10(14(18)22-2)11-7-15-12-4-3-8(16(19)20)5-9(11)12/h3-7,15H,1-2H3/b10-6-. The van der Waals surface area contributed by atoms with Crippen molar-refractivity contribution in [3.63, 3.8) is 0 Å². The number of rotatable bonds is 4. The van der Waals surface area contributed by atoms with E-state index in [1.54, 1.807) is 0 Å². The van der Waals surface area contributed by atoms with Gasteiger partial charge in [0, 0.05) is 40.9 Å². The highest BCUT2D eigenvalue weighted by molar-refractivity contribution is 6.23. The van der Waals surface area contributed by atoms with E-state index in [0.717, 1.165) is 6.08 Å². The molecule has 0 spiro atoms. The Morgan fingerprint density at radius 2 is 2.00 bits per heavy atom. The molecule has 1 aromatic heterocycles. The van der Waals surface area contributed by atoms with Crippen LogP contribution < -0.4 is 0 Å². The number of non-ortho nitro benzene ring substituents is 1. The number of esters is 2. The second kappa shape index (κ2) is 6.08. The number of nitrogens with one attached hydrogen (secondary N) is 1. The molecule has 0 aliphatic rings. The number of aromatic nitrogens is 1. The lowest BCUT2D eigenvalue weighted by Crippen LogP contribution is -2.07. The Labute approximate surface area is 124 Å². The molecule has 2 rings (SSSR count). The molecule has 1 N–H and O–H groups in total. The van der Waals surface area contributed by atoms with Crippen molar-refractivity contribution in [2.45, 2.75) is 0 Å². The molecule has 8 nitrogen and oxygen atoms in total. The second-order valence-corrected chi connectivity index (χ2v) is 4.26. The van der Waals surface area contributed by atoms with Crippen LogP contribution >= 0.6 is 0 Å². The Bertz CT molecular complexity index is 790. The highest BCUT2D eigenvalue weighted by Crippen LogP contribution is 2.29. The topological polar surface area (TPSA) is 112 Å². The summed E-state index contributed by atoms with van der Waals surface area (Å²) in [4.78, 5) is 36.5. The van der Waals surface area contributed by atoms with Gasteiger partial charge < -0.3 is 14.5 Å². The summed E-state index contributed by atoms with van der Waals surface area (Å²) in [7, 11) is 2.35. The van der Waals surface area contributed by atoms with E-state index in [1.807, 2.05) is 0 Å². The van der Waals surface area contributed by atoms with Gasteiger partial charge in [-0.25, -0.2) is 9.59 Å². The number of H-pyrrole nitrogens is 1. The van der Waals surface area contributed by atoms with Gasteiger partial charge in [-0.3, -0.25) is 10.1 Å². The largest absolute Gasteiger partial charge is 0.466 e. The predicted molar refractivity (Wildman–Crippen MR) is 77.0 cm³/mol. The smallest absolute Gasteiger partial charge is 0.338 e. The van der Waals surface area contributed by atoms with Gasteiger partial charge in [0.15, 0.2) is 0 Å². The molecule has 0 unspecified atom stereocenters. The molecule has 0 amide bonds. The van der Waals surface area contributed by atoms with Crippen LogP contribution in [0.15, 0.2) is 30.5 Å². The van der Waals surface area contributed by atoms with Gasteiger partial charge in [0.1, 0.15) is 0 Å². The van der Waals surface area contributed by atoms with E-state index < -0.39 is 16.9 Å². The number of benzene rings is 1. The van der Waals surface area contributed by atoms with Crippen LogP contribution in [0.1, 0.15) is 5.56 Å². The number of carbonyl (C=O) groups is 2. The van der Waals surface area contributed by atoms with E-state index in [-0.39, 0.29) is 11.3 Å². The Balaban J connectivity index is 2.66. The molecule has 2 aromatic rings. The quantitative estimate of drug-likeness (QED) is 0.399. The number of hydrogen-bond donors (Lipinski definition) is 1. The fourth-order valence-corrected chi connectivity index (χ4v) is 1.98. The van der Waals surface area contributed by atoms with Crippen LogP contribution in [0.25, 0.3) is 16.5 Å². The molecule has 0 radical (unpaired) electrons. The average Bonchev–Trinajstić information content (AvgIpc) is 2.94. The van der Waals surface area contributed by atoms with Gasteiger partial charge in [-0.05, 0) is 6.07 Å². The fourth-order valence-electron chi connectivity index (χ4n) is 1.98. The van der Waals surface area contributed by atoms with Crippen molar-refractivity contribution in [2.75, 3.05) is 14.2 Å². The SMILES string of the molecule is COC(=O)/C=C(\C(=O)OC)c1c[nH]c2ccc([N+](=O)[O-])cc12. The van der Waals surface area contributed by atoms with Crippen LogP contribution in [-0.4, -0.2) is 36.1 Å². The molecule has 1 heterocycles. The number of ether oxygens (including phenoxy) is 2. The normalized spacial score (nSPS) is 11.3. The van der Waals surface area contributed by atoms with Crippen molar-refractivity contribution < 1.29 is 24.0 Å². The van der Waals surface area contributed by atoms with Crippen LogP contribution in [0.3, 0.4) is 0 Å². The van der Waals surface area contributed by atoms with Crippen LogP contribution in [0.2, 0.25) is 0 Å². The Morgan fingerprint density at radius 1 is 1.27 bits per heavy atom. The predicted octanol–water partition coefficient (Wildman–Crippen LogP) is 1.81. The number of aromatic amines is 1. The summed E-state index contributed by atoms with van der Waals surface area (Å²) in [6.07, 6.45) is 2.45. The lowest BCUT2D eigenvalue weighted by atomic mass is 10.0. The van der Waals surface area contributed by atoms with E-state index in [9.17, 15) is 19.7 Å². The number of methoxy groups -OCH3 is 2. The number of nitro benzene ring substituents is 1. The Hall–Kier alpha value is -3.16. The number of nitrogens with zero attached hydrogens (tertiary/aromatic N) is 1. The van der Waals surface area contributed by atoms with Gasteiger partial charge in [0.25, 0.3) is 5.69 Å². The first-order valence-electron chi connectivity index (χ1n) is 6.11. The third-order valence-electron chi connectivity index (χ3n) is 3.04. The van der Waals surface area contributed by atoms with Gasteiger partial charge in [0.05, 0.1) is 24.7 Å². The summed E-state index contributed by atoms with van der Waals surface area (Å²) in [5.74, 6) is -1.49. The maximum absolute atomic E-state index is 11.9. The molecular formula is C14H12N2O6. The maximum atomic E-state index is 11.9. The zero-order chi connectivity index (χ0) is 16.3. The summed E-state index contributed by atoms with van der Waals surface area (Å²) in [5.41, 5.74) is 0.716. The van der Waals surface area contributed by atoms with Crippen molar-refractivity contribution in [3.05, 3.63) is 46.1 Å². The van der Waals surface area contributed by atoms with Gasteiger partial charge in [-0.15, -0.1) is 0 Å². The molecular weight excluding hydrogens is 292 g/mol. The van der Waals surface area contributed by atoms with Gasteiger partial charge in [-0.2, -0.15) is 0 Å². The van der Waals surface area contributed by atoms with E-state index >= 15 is 0 Å². The molecule has 0 atom stereocenters. The second-order valence-electron chi connectivity index (χ2n) is 4.26. The van der Waals surface area contributed by atoms with E-state index in [1.165, 1.54) is 38.6 Å². The molecule has 0 aliphatic heterocycles. The van der Waals surface area contributed by atoms with Crippen LogP contribution in [0, 0.1) is 10.1 Å². The molecule has 8 heteroatoms. The first kappa shape index (κ1) is 15.2. The molecule has 0 saturated heterocycles. The number of fused-ring (bicyclic) bond motifs is 1. The molecule has 114 valence electrons. The minimum absolute atomic E-state index is 0.0545. The molecule has 0 bridgehead atoms. The van der Waals surface area contributed by atoms with Crippen molar-refractivity contribution in [1.82, 2.24) is 4.98 Å². The fraction of sp³-hybridized carbons (Fsp3) is 0.143. The average molecular weight is 304 g/mol. The lowest BCUT2D eigenvalue weighted by molar-refractivity contribution is -0.384. The van der Waals surface area contributed by atoms with Crippen molar-refractivity contribution in [2.24, 2.45) is 0 Å². The third-order valence-corrected chi connectivity index (χ3v) is 3.04. The first-order valence-corrected chi connectivity index (χ1v) is 6.11. The van der Waals surface area contributed by atoms with E-state index in [0.29, 0.717) is 16.5 Å². The Kier molecular flexibility index (Phi) is 4.21. The van der Waals surface area contributed by atoms with Crippen LogP contribution in [-0.2, 0) is 19.1 Å². The van der Waals surface area contributed by atoms with Crippen molar-refractivity contribution >= 4 is 34.1 Å². The summed E-state index contributed by atoms with van der Waals surface area (Å²) < 4.78 is 9.15. The zero-order valence-corrected chi connectivity index (χ0v) is 11.8. The number of nitro groups is 1. The minimum atomic E-state index is -0.752. The van der Waals surface area contributed by atoms with Crippen molar-refractivity contribution in [1.29, 1.82) is 0 Å².